The van der Waals surface area contributed by atoms with Gasteiger partial charge in [0.15, 0.2) is 5.76 Å². The summed E-state index contributed by atoms with van der Waals surface area (Å²) in [6.45, 7) is 2.04. The minimum absolute atomic E-state index is 0.304. The van der Waals surface area contributed by atoms with E-state index >= 15 is 0 Å². The molecule has 0 atom stereocenters. The summed E-state index contributed by atoms with van der Waals surface area (Å²) in [5.74, 6) is -0.264. The second-order valence-electron chi connectivity index (χ2n) is 4.50. The number of hydrogen-bond donors (Lipinski definition) is 2. The van der Waals surface area contributed by atoms with Crippen molar-refractivity contribution < 1.29 is 18.7 Å². The average Bonchev–Trinajstić information content (AvgIpc) is 3.22. The van der Waals surface area contributed by atoms with E-state index in [4.69, 9.17) is 9.15 Å². The fourth-order valence-corrected chi connectivity index (χ4v) is 2.05. The number of H-pyrrole nitrogens is 1. The number of ether oxygens (including phenoxy) is 1. The first-order chi connectivity index (χ1) is 10.7. The van der Waals surface area contributed by atoms with Crippen molar-refractivity contribution in [3.05, 3.63) is 53.2 Å². The second kappa shape index (κ2) is 5.72. The molecule has 0 aliphatic carbocycles. The number of aromatic nitrogens is 1. The number of hydrogen-bond acceptors (Lipinski definition) is 5. The Morgan fingerprint density at radius 1 is 1.50 bits per heavy atom. The molecule has 0 saturated heterocycles. The van der Waals surface area contributed by atoms with Crippen LogP contribution in [0.15, 0.2) is 45.8 Å². The molecular weight excluding hydrogens is 286 g/mol. The molecule has 0 unspecified atom stereocenters. The predicted molar refractivity (Wildman–Crippen MR) is 78.1 cm³/mol. The number of amides is 1. The van der Waals surface area contributed by atoms with Crippen LogP contribution in [-0.4, -0.2) is 29.2 Å². The highest BCUT2D eigenvalue weighted by molar-refractivity contribution is 6.32. The molecule has 0 aromatic carbocycles. The van der Waals surface area contributed by atoms with Crippen molar-refractivity contribution in [2.45, 2.75) is 6.92 Å². The van der Waals surface area contributed by atoms with Crippen LogP contribution < -0.4 is 5.43 Å². The molecule has 7 heteroatoms. The lowest BCUT2D eigenvalue weighted by molar-refractivity contribution is -0.116. The largest absolute Gasteiger partial charge is 0.463 e. The summed E-state index contributed by atoms with van der Waals surface area (Å²) >= 11 is 0. The first-order valence-corrected chi connectivity index (χ1v) is 6.68. The standard InChI is InChI=1S/C15H13N3O4/c1-2-21-15(20)9-6-10(16-8-9)7-11-13(17-18-14(11)19)12-4-3-5-22-12/h3-8,16H,2H2,1H3,(H,18,19). The number of carbonyl (C=O) groups is 2. The zero-order valence-corrected chi connectivity index (χ0v) is 11.8. The van der Waals surface area contributed by atoms with Crippen LogP contribution in [-0.2, 0) is 9.53 Å². The molecule has 3 heterocycles. The topological polar surface area (TPSA) is 96.7 Å². The Kier molecular flexibility index (Phi) is 3.61. The van der Waals surface area contributed by atoms with Crippen molar-refractivity contribution >= 4 is 23.7 Å². The lowest BCUT2D eigenvalue weighted by Crippen LogP contribution is -2.13. The number of esters is 1. The number of rotatable bonds is 4. The van der Waals surface area contributed by atoms with E-state index in [1.165, 1.54) is 12.5 Å². The molecule has 2 aromatic rings. The molecule has 0 radical (unpaired) electrons. The molecule has 112 valence electrons. The summed E-state index contributed by atoms with van der Waals surface area (Å²) in [4.78, 5) is 26.4. The van der Waals surface area contributed by atoms with Gasteiger partial charge < -0.3 is 14.1 Å². The highest BCUT2D eigenvalue weighted by atomic mass is 16.5. The molecule has 1 aliphatic heterocycles. The van der Waals surface area contributed by atoms with Gasteiger partial charge in [0.2, 0.25) is 0 Å². The van der Waals surface area contributed by atoms with Gasteiger partial charge >= 0.3 is 5.97 Å². The summed E-state index contributed by atoms with van der Waals surface area (Å²) in [5.41, 5.74) is 4.15. The monoisotopic (exact) mass is 299 g/mol. The Labute approximate surface area is 125 Å². The van der Waals surface area contributed by atoms with Crippen molar-refractivity contribution in [1.29, 1.82) is 0 Å². The van der Waals surface area contributed by atoms with E-state index in [1.54, 1.807) is 31.2 Å². The molecule has 7 nitrogen and oxygen atoms in total. The predicted octanol–water partition coefficient (Wildman–Crippen LogP) is 1.70. The summed E-state index contributed by atoms with van der Waals surface area (Å²) < 4.78 is 10.2. The smallest absolute Gasteiger partial charge is 0.339 e. The summed E-state index contributed by atoms with van der Waals surface area (Å²) in [5, 5.41) is 3.96. The number of nitrogens with one attached hydrogen (secondary N) is 2. The Hall–Kier alpha value is -3.09. The zero-order valence-electron chi connectivity index (χ0n) is 11.8. The van der Waals surface area contributed by atoms with E-state index in [2.05, 4.69) is 15.5 Å². The molecule has 1 aliphatic rings. The summed E-state index contributed by atoms with van der Waals surface area (Å²) in [7, 11) is 0. The maximum atomic E-state index is 11.9. The van der Waals surface area contributed by atoms with Crippen LogP contribution in [0, 0.1) is 0 Å². The zero-order chi connectivity index (χ0) is 15.5. The summed E-state index contributed by atoms with van der Waals surface area (Å²) in [6.07, 6.45) is 4.64. The van der Waals surface area contributed by atoms with Gasteiger partial charge in [-0.15, -0.1) is 0 Å². The molecule has 3 rings (SSSR count). The van der Waals surface area contributed by atoms with Crippen LogP contribution in [0.5, 0.6) is 0 Å². The van der Waals surface area contributed by atoms with E-state index in [1.807, 2.05) is 0 Å². The van der Waals surface area contributed by atoms with Crippen LogP contribution in [0.2, 0.25) is 0 Å². The number of carbonyl (C=O) groups excluding carboxylic acids is 2. The number of hydrazone groups is 1. The van der Waals surface area contributed by atoms with Crippen LogP contribution >= 0.6 is 0 Å². The molecule has 22 heavy (non-hydrogen) atoms. The second-order valence-corrected chi connectivity index (χ2v) is 4.50. The molecule has 0 spiro atoms. The third kappa shape index (κ3) is 2.56. The number of nitrogens with zero attached hydrogens (tertiary/aromatic N) is 1. The lowest BCUT2D eigenvalue weighted by atomic mass is 10.1. The number of aromatic amines is 1. The minimum Gasteiger partial charge on any atom is -0.463 e. The molecular formula is C15H13N3O4. The minimum atomic E-state index is -0.417. The third-order valence-corrected chi connectivity index (χ3v) is 3.04. The van der Waals surface area contributed by atoms with Gasteiger partial charge in [0.25, 0.3) is 5.91 Å². The highest BCUT2D eigenvalue weighted by Gasteiger charge is 2.26. The highest BCUT2D eigenvalue weighted by Crippen LogP contribution is 2.18. The molecule has 2 N–H and O–H groups in total. The SMILES string of the molecule is CCOC(=O)c1c[nH]c(C=C2C(=O)NN=C2c2ccco2)c1. The quantitative estimate of drug-likeness (QED) is 0.663. The van der Waals surface area contributed by atoms with Gasteiger partial charge in [-0.3, -0.25) is 4.79 Å². The number of furan rings is 1. The lowest BCUT2D eigenvalue weighted by Gasteiger charge is -1.97. The Morgan fingerprint density at radius 2 is 2.36 bits per heavy atom. The van der Waals surface area contributed by atoms with E-state index in [0.717, 1.165) is 0 Å². The fraction of sp³-hybridized carbons (Fsp3) is 0.133. The molecule has 0 fully saturated rings. The Balaban J connectivity index is 1.89. The van der Waals surface area contributed by atoms with Crippen LogP contribution in [0.25, 0.3) is 6.08 Å². The van der Waals surface area contributed by atoms with Gasteiger partial charge in [0.05, 0.1) is 24.0 Å². The van der Waals surface area contributed by atoms with Crippen molar-refractivity contribution in [2.75, 3.05) is 6.61 Å². The third-order valence-electron chi connectivity index (χ3n) is 3.04. The molecule has 2 aromatic heterocycles. The van der Waals surface area contributed by atoms with Gasteiger partial charge in [-0.1, -0.05) is 0 Å². The first-order valence-electron chi connectivity index (χ1n) is 6.68. The van der Waals surface area contributed by atoms with Crippen LogP contribution in [0.3, 0.4) is 0 Å². The van der Waals surface area contributed by atoms with E-state index < -0.39 is 5.97 Å². The maximum absolute atomic E-state index is 11.9. The van der Waals surface area contributed by atoms with Gasteiger partial charge in [-0.2, -0.15) is 5.10 Å². The van der Waals surface area contributed by atoms with Crippen LogP contribution in [0.1, 0.15) is 28.7 Å². The van der Waals surface area contributed by atoms with Gasteiger partial charge in [0, 0.05) is 11.9 Å². The summed E-state index contributed by atoms with van der Waals surface area (Å²) in [6, 6.07) is 5.04. The van der Waals surface area contributed by atoms with E-state index in [-0.39, 0.29) is 5.91 Å². The van der Waals surface area contributed by atoms with Gasteiger partial charge in [-0.05, 0) is 31.2 Å². The van der Waals surface area contributed by atoms with E-state index in [0.29, 0.717) is 34.9 Å². The van der Waals surface area contributed by atoms with Crippen molar-refractivity contribution in [2.24, 2.45) is 5.10 Å². The molecule has 1 amide bonds. The molecule has 0 saturated carbocycles. The fourth-order valence-electron chi connectivity index (χ4n) is 2.05. The average molecular weight is 299 g/mol. The normalized spacial score (nSPS) is 15.8. The Bertz CT molecular complexity index is 769. The van der Waals surface area contributed by atoms with Crippen molar-refractivity contribution in [1.82, 2.24) is 10.4 Å². The Morgan fingerprint density at radius 3 is 3.09 bits per heavy atom. The van der Waals surface area contributed by atoms with Gasteiger partial charge in [0.1, 0.15) is 5.71 Å². The van der Waals surface area contributed by atoms with Crippen molar-refractivity contribution in [3.8, 4) is 0 Å². The van der Waals surface area contributed by atoms with E-state index in [9.17, 15) is 9.59 Å². The van der Waals surface area contributed by atoms with Crippen LogP contribution in [0.4, 0.5) is 0 Å². The maximum Gasteiger partial charge on any atom is 0.339 e. The van der Waals surface area contributed by atoms with Crippen molar-refractivity contribution in [3.63, 3.8) is 0 Å². The van der Waals surface area contributed by atoms with Gasteiger partial charge in [-0.25, -0.2) is 10.2 Å². The molecule has 0 bridgehead atoms. The first kappa shape index (κ1) is 13.9.